The van der Waals surface area contributed by atoms with Gasteiger partial charge in [-0.05, 0) is 28.6 Å². The van der Waals surface area contributed by atoms with Gasteiger partial charge in [0, 0.05) is 6.54 Å². The van der Waals surface area contributed by atoms with Crippen LogP contribution in [0.3, 0.4) is 0 Å². The van der Waals surface area contributed by atoms with Crippen molar-refractivity contribution < 1.29 is 9.53 Å². The van der Waals surface area contributed by atoms with Gasteiger partial charge in [-0.1, -0.05) is 11.6 Å². The number of halogens is 1. The predicted octanol–water partition coefficient (Wildman–Crippen LogP) is 0.446. The van der Waals surface area contributed by atoms with Crippen LogP contribution in [0, 0.1) is 0 Å². The number of amides is 1. The third-order valence-electron chi connectivity index (χ3n) is 4.17. The molecule has 0 bridgehead atoms. The summed E-state index contributed by atoms with van der Waals surface area (Å²) in [6.07, 6.45) is 2.90. The molecule has 11 nitrogen and oxygen atoms in total. The van der Waals surface area contributed by atoms with Crippen LogP contribution in [-0.2, 0) is 9.53 Å². The molecule has 0 aliphatic carbocycles. The fourth-order valence-electron chi connectivity index (χ4n) is 2.86. The Bertz CT molecular complexity index is 900. The summed E-state index contributed by atoms with van der Waals surface area (Å²) in [5.74, 6) is 0.471. The monoisotopic (exact) mass is 389 g/mol. The lowest BCUT2D eigenvalue weighted by Gasteiger charge is -2.33. The van der Waals surface area contributed by atoms with Crippen LogP contribution in [0.5, 0.6) is 0 Å². The van der Waals surface area contributed by atoms with Crippen molar-refractivity contribution in [3.63, 3.8) is 0 Å². The highest BCUT2D eigenvalue weighted by molar-refractivity contribution is 6.33. The first kappa shape index (κ1) is 17.5. The van der Waals surface area contributed by atoms with E-state index in [1.54, 1.807) is 18.2 Å². The summed E-state index contributed by atoms with van der Waals surface area (Å²) < 4.78 is 6.99. The number of hydrogen-bond acceptors (Lipinski definition) is 8. The highest BCUT2D eigenvalue weighted by Crippen LogP contribution is 2.25. The molecule has 1 aliphatic rings. The van der Waals surface area contributed by atoms with Gasteiger partial charge in [0.25, 0.3) is 0 Å². The van der Waals surface area contributed by atoms with Gasteiger partial charge in [-0.3, -0.25) is 14.8 Å². The molecular formula is C15H16ClN9O2. The van der Waals surface area contributed by atoms with Crippen LogP contribution in [0.1, 0.15) is 11.9 Å². The van der Waals surface area contributed by atoms with Crippen molar-refractivity contribution in [1.29, 1.82) is 0 Å². The highest BCUT2D eigenvalue weighted by Gasteiger charge is 2.28. The maximum atomic E-state index is 12.6. The number of ether oxygens (including phenoxy) is 1. The van der Waals surface area contributed by atoms with Gasteiger partial charge in [0.15, 0.2) is 0 Å². The molecule has 0 spiro atoms. The molecule has 2 N–H and O–H groups in total. The Labute approximate surface area is 158 Å². The molecule has 27 heavy (non-hydrogen) atoms. The zero-order chi connectivity index (χ0) is 18.6. The Hall–Kier alpha value is -2.89. The van der Waals surface area contributed by atoms with Crippen LogP contribution in [0.25, 0.3) is 5.69 Å². The number of hydrogen-bond donors (Lipinski definition) is 2. The number of aromatic amines is 1. The average molecular weight is 390 g/mol. The lowest BCUT2D eigenvalue weighted by molar-refractivity contribution is -0.119. The van der Waals surface area contributed by atoms with Crippen molar-refractivity contribution in [2.75, 3.05) is 31.6 Å². The molecule has 1 aliphatic heterocycles. The maximum Gasteiger partial charge on any atom is 0.238 e. The SMILES string of the molecule is O=C(CN1CCOCC1c1ncn[nH]1)Nc1cc(-n2cnnn2)ccc1Cl. The standard InChI is InChI=1S/C15H16ClN9O2/c16-11-2-1-10(25-9-19-22-23-25)5-12(11)20-14(26)6-24-3-4-27-7-13(24)15-17-8-18-21-15/h1-2,5,8-9,13H,3-4,6-7H2,(H,20,26)(H,17,18,21). The minimum atomic E-state index is -0.197. The summed E-state index contributed by atoms with van der Waals surface area (Å²) >= 11 is 6.22. The Kier molecular flexibility index (Phi) is 5.05. The van der Waals surface area contributed by atoms with Crippen LogP contribution < -0.4 is 5.32 Å². The van der Waals surface area contributed by atoms with E-state index >= 15 is 0 Å². The second-order valence-electron chi connectivity index (χ2n) is 5.90. The van der Waals surface area contributed by atoms with Crippen molar-refractivity contribution in [3.8, 4) is 5.69 Å². The number of nitrogens with zero attached hydrogens (tertiary/aromatic N) is 7. The van der Waals surface area contributed by atoms with E-state index in [1.165, 1.54) is 17.3 Å². The first-order valence-corrected chi connectivity index (χ1v) is 8.58. The summed E-state index contributed by atoms with van der Waals surface area (Å²) in [5.41, 5.74) is 1.17. The van der Waals surface area contributed by atoms with Gasteiger partial charge < -0.3 is 10.1 Å². The van der Waals surface area contributed by atoms with Crippen LogP contribution >= 0.6 is 11.6 Å². The minimum absolute atomic E-state index is 0.157. The second-order valence-corrected chi connectivity index (χ2v) is 6.31. The van der Waals surface area contributed by atoms with E-state index in [2.05, 4.69) is 36.0 Å². The molecule has 12 heteroatoms. The van der Waals surface area contributed by atoms with Gasteiger partial charge in [0.1, 0.15) is 18.5 Å². The van der Waals surface area contributed by atoms with Gasteiger partial charge in [-0.2, -0.15) is 5.10 Å². The molecule has 4 rings (SSSR count). The van der Waals surface area contributed by atoms with Crippen molar-refractivity contribution in [3.05, 3.63) is 41.7 Å². The third kappa shape index (κ3) is 3.94. The summed E-state index contributed by atoms with van der Waals surface area (Å²) in [5, 5.41) is 21.0. The predicted molar refractivity (Wildman–Crippen MR) is 94.3 cm³/mol. The number of carbonyl (C=O) groups is 1. The molecular weight excluding hydrogens is 374 g/mol. The van der Waals surface area contributed by atoms with E-state index < -0.39 is 0 Å². The summed E-state index contributed by atoms with van der Waals surface area (Å²) in [6, 6.07) is 5.00. The van der Waals surface area contributed by atoms with Gasteiger partial charge in [-0.15, -0.1) is 5.10 Å². The summed E-state index contributed by atoms with van der Waals surface area (Å²) in [6.45, 7) is 1.77. The molecule has 2 aromatic heterocycles. The minimum Gasteiger partial charge on any atom is -0.378 e. The molecule has 1 atom stereocenters. The lowest BCUT2D eigenvalue weighted by Crippen LogP contribution is -2.44. The van der Waals surface area contributed by atoms with Crippen molar-refractivity contribution >= 4 is 23.2 Å². The average Bonchev–Trinajstić information content (AvgIpc) is 3.38. The smallest absolute Gasteiger partial charge is 0.238 e. The van der Waals surface area contributed by atoms with Crippen LogP contribution in [0.2, 0.25) is 5.02 Å². The number of aromatic nitrogens is 7. The first-order chi connectivity index (χ1) is 13.2. The first-order valence-electron chi connectivity index (χ1n) is 8.20. The number of tetrazole rings is 1. The topological polar surface area (TPSA) is 127 Å². The number of carbonyl (C=O) groups excluding carboxylic acids is 1. The van der Waals surface area contributed by atoms with E-state index in [0.717, 1.165) is 0 Å². The molecule has 0 saturated carbocycles. The Morgan fingerprint density at radius 3 is 3.15 bits per heavy atom. The van der Waals surface area contributed by atoms with Crippen molar-refractivity contribution in [1.82, 2.24) is 40.3 Å². The van der Waals surface area contributed by atoms with Gasteiger partial charge >= 0.3 is 0 Å². The fourth-order valence-corrected chi connectivity index (χ4v) is 3.02. The number of morpholine rings is 1. The lowest BCUT2D eigenvalue weighted by atomic mass is 10.2. The van der Waals surface area contributed by atoms with Gasteiger partial charge in [-0.25, -0.2) is 9.67 Å². The van der Waals surface area contributed by atoms with E-state index in [4.69, 9.17) is 16.3 Å². The number of rotatable bonds is 5. The fraction of sp³-hybridized carbons (Fsp3) is 0.333. The zero-order valence-electron chi connectivity index (χ0n) is 14.1. The van der Waals surface area contributed by atoms with Crippen LogP contribution in [0.15, 0.2) is 30.9 Å². The van der Waals surface area contributed by atoms with Crippen LogP contribution in [0.4, 0.5) is 5.69 Å². The van der Waals surface area contributed by atoms with E-state index in [1.807, 2.05) is 4.90 Å². The molecule has 1 saturated heterocycles. The second kappa shape index (κ2) is 7.78. The highest BCUT2D eigenvalue weighted by atomic mass is 35.5. The largest absolute Gasteiger partial charge is 0.378 e. The third-order valence-corrected chi connectivity index (χ3v) is 4.50. The van der Waals surface area contributed by atoms with Gasteiger partial charge in [0.2, 0.25) is 5.91 Å². The molecule has 1 fully saturated rings. The Morgan fingerprint density at radius 1 is 1.44 bits per heavy atom. The number of H-pyrrole nitrogens is 1. The molecule has 3 aromatic rings. The number of benzene rings is 1. The molecule has 1 aromatic carbocycles. The molecule has 1 amide bonds. The Balaban J connectivity index is 1.46. The summed E-state index contributed by atoms with van der Waals surface area (Å²) in [4.78, 5) is 18.8. The number of nitrogens with one attached hydrogen (secondary N) is 2. The maximum absolute atomic E-state index is 12.6. The molecule has 140 valence electrons. The molecule has 3 heterocycles. The zero-order valence-corrected chi connectivity index (χ0v) is 14.9. The Morgan fingerprint density at radius 2 is 2.37 bits per heavy atom. The number of anilines is 1. The van der Waals surface area contributed by atoms with E-state index in [9.17, 15) is 4.79 Å². The quantitative estimate of drug-likeness (QED) is 0.643. The summed E-state index contributed by atoms with van der Waals surface area (Å²) in [7, 11) is 0. The van der Waals surface area contributed by atoms with Crippen molar-refractivity contribution in [2.45, 2.75) is 6.04 Å². The van der Waals surface area contributed by atoms with Gasteiger partial charge in [0.05, 0.1) is 42.2 Å². The van der Waals surface area contributed by atoms with Crippen LogP contribution in [-0.4, -0.2) is 72.5 Å². The van der Waals surface area contributed by atoms with E-state index in [0.29, 0.717) is 42.0 Å². The van der Waals surface area contributed by atoms with E-state index in [-0.39, 0.29) is 18.5 Å². The normalized spacial score (nSPS) is 17.7. The molecule has 0 radical (unpaired) electrons. The molecule has 1 unspecified atom stereocenters. The van der Waals surface area contributed by atoms with Crippen molar-refractivity contribution in [2.24, 2.45) is 0 Å².